The van der Waals surface area contributed by atoms with E-state index in [1.165, 1.54) is 0 Å². The van der Waals surface area contributed by atoms with Crippen molar-refractivity contribution in [2.75, 3.05) is 12.1 Å². The van der Waals surface area contributed by atoms with Crippen LogP contribution in [0.25, 0.3) is 0 Å². The van der Waals surface area contributed by atoms with Crippen LogP contribution in [0.4, 0.5) is 5.69 Å². The van der Waals surface area contributed by atoms with Crippen molar-refractivity contribution in [2.45, 2.75) is 20.3 Å². The summed E-state index contributed by atoms with van der Waals surface area (Å²) in [7, 11) is 0. The fraction of sp³-hybridized carbons (Fsp3) is 0.286. The minimum atomic E-state index is 0.311. The molecule has 90 valence electrons. The van der Waals surface area contributed by atoms with Crippen LogP contribution in [0.2, 0.25) is 0 Å². The molecule has 3 nitrogen and oxygen atoms in total. The molecule has 0 bridgehead atoms. The van der Waals surface area contributed by atoms with Crippen molar-refractivity contribution in [2.24, 2.45) is 0 Å². The summed E-state index contributed by atoms with van der Waals surface area (Å²) in [5, 5.41) is 3.33. The van der Waals surface area contributed by atoms with Gasteiger partial charge in [0.2, 0.25) is 6.79 Å². The Morgan fingerprint density at radius 2 is 2.18 bits per heavy atom. The van der Waals surface area contributed by atoms with Crippen LogP contribution in [0.15, 0.2) is 42.1 Å². The summed E-state index contributed by atoms with van der Waals surface area (Å²) in [4.78, 5) is 0. The fourth-order valence-corrected chi connectivity index (χ4v) is 1.60. The molecule has 0 amide bonds. The molecular weight excluding hydrogens is 214 g/mol. The summed E-state index contributed by atoms with van der Waals surface area (Å²) < 4.78 is 10.6. The molecule has 0 radical (unpaired) electrons. The van der Waals surface area contributed by atoms with E-state index >= 15 is 0 Å². The van der Waals surface area contributed by atoms with Gasteiger partial charge >= 0.3 is 0 Å². The number of anilines is 1. The van der Waals surface area contributed by atoms with Crippen LogP contribution in [0, 0.1) is 0 Å². The first kappa shape index (κ1) is 11.6. The van der Waals surface area contributed by atoms with Crippen LogP contribution in [0.1, 0.15) is 20.3 Å². The average Bonchev–Trinajstić information content (AvgIpc) is 2.81. The Morgan fingerprint density at radius 3 is 2.94 bits per heavy atom. The molecule has 0 saturated heterocycles. The van der Waals surface area contributed by atoms with Crippen molar-refractivity contribution in [3.8, 4) is 11.5 Å². The van der Waals surface area contributed by atoms with Crippen molar-refractivity contribution in [1.82, 2.24) is 0 Å². The van der Waals surface area contributed by atoms with Crippen molar-refractivity contribution < 1.29 is 9.47 Å². The maximum atomic E-state index is 5.34. The first-order valence-electron chi connectivity index (χ1n) is 5.83. The van der Waals surface area contributed by atoms with Gasteiger partial charge in [-0.05, 0) is 31.6 Å². The van der Waals surface area contributed by atoms with Gasteiger partial charge in [0.1, 0.15) is 0 Å². The van der Waals surface area contributed by atoms with Gasteiger partial charge in [-0.25, -0.2) is 0 Å². The molecule has 17 heavy (non-hydrogen) atoms. The molecule has 1 aromatic rings. The number of hydrogen-bond acceptors (Lipinski definition) is 3. The van der Waals surface area contributed by atoms with E-state index in [-0.39, 0.29) is 0 Å². The largest absolute Gasteiger partial charge is 0.454 e. The maximum Gasteiger partial charge on any atom is 0.231 e. The molecule has 2 rings (SSSR count). The Labute approximate surface area is 102 Å². The summed E-state index contributed by atoms with van der Waals surface area (Å²) in [5.41, 5.74) is 2.08. The molecule has 0 aromatic heterocycles. The Kier molecular flexibility index (Phi) is 3.70. The van der Waals surface area contributed by atoms with Crippen LogP contribution >= 0.6 is 0 Å². The van der Waals surface area contributed by atoms with Gasteiger partial charge in [-0.3, -0.25) is 0 Å². The molecule has 0 spiro atoms. The maximum absolute atomic E-state index is 5.34. The molecule has 0 fully saturated rings. The Balaban J connectivity index is 2.10. The SMILES string of the molecule is C/C=C(\C=C/CC)Nc1ccc2c(c1)OCO2. The van der Waals surface area contributed by atoms with E-state index in [0.717, 1.165) is 29.3 Å². The van der Waals surface area contributed by atoms with E-state index in [4.69, 9.17) is 9.47 Å². The predicted octanol–water partition coefficient (Wildman–Crippen LogP) is 3.70. The number of ether oxygens (including phenoxy) is 2. The lowest BCUT2D eigenvalue weighted by Gasteiger charge is -2.07. The van der Waals surface area contributed by atoms with E-state index in [9.17, 15) is 0 Å². The number of benzene rings is 1. The third-order valence-corrected chi connectivity index (χ3v) is 2.51. The van der Waals surface area contributed by atoms with E-state index in [1.807, 2.05) is 31.2 Å². The highest BCUT2D eigenvalue weighted by Crippen LogP contribution is 2.34. The molecular formula is C14H17NO2. The molecule has 0 atom stereocenters. The zero-order valence-corrected chi connectivity index (χ0v) is 10.2. The van der Waals surface area contributed by atoms with E-state index in [2.05, 4.69) is 24.4 Å². The number of allylic oxidation sites excluding steroid dienone is 3. The van der Waals surface area contributed by atoms with E-state index in [0.29, 0.717) is 6.79 Å². The van der Waals surface area contributed by atoms with Gasteiger partial charge < -0.3 is 14.8 Å². The standard InChI is InChI=1S/C14H17NO2/c1-3-5-6-11(4-2)15-12-7-8-13-14(9-12)17-10-16-13/h4-9,15H,3,10H2,1-2H3/b6-5-,11-4+. The number of rotatable bonds is 4. The molecule has 1 aliphatic rings. The third kappa shape index (κ3) is 2.81. The zero-order chi connectivity index (χ0) is 12.1. The van der Waals surface area contributed by atoms with Crippen molar-refractivity contribution >= 4 is 5.69 Å². The normalized spacial score (nSPS) is 14.4. The number of hydrogen-bond donors (Lipinski definition) is 1. The lowest BCUT2D eigenvalue weighted by molar-refractivity contribution is 0.174. The quantitative estimate of drug-likeness (QED) is 0.801. The smallest absolute Gasteiger partial charge is 0.231 e. The van der Waals surface area contributed by atoms with E-state index < -0.39 is 0 Å². The molecule has 1 heterocycles. The monoisotopic (exact) mass is 231 g/mol. The molecule has 1 N–H and O–H groups in total. The minimum Gasteiger partial charge on any atom is -0.454 e. The van der Waals surface area contributed by atoms with Crippen LogP contribution in [-0.2, 0) is 0 Å². The summed E-state index contributed by atoms with van der Waals surface area (Å²) in [6.07, 6.45) is 7.26. The van der Waals surface area contributed by atoms with Crippen LogP contribution < -0.4 is 14.8 Å². The topological polar surface area (TPSA) is 30.5 Å². The zero-order valence-electron chi connectivity index (χ0n) is 10.2. The predicted molar refractivity (Wildman–Crippen MR) is 69.4 cm³/mol. The summed E-state index contributed by atoms with van der Waals surface area (Å²) in [6.45, 7) is 4.44. The van der Waals surface area contributed by atoms with Crippen LogP contribution in [0.5, 0.6) is 11.5 Å². The van der Waals surface area contributed by atoms with Gasteiger partial charge in [-0.1, -0.05) is 19.1 Å². The highest BCUT2D eigenvalue weighted by atomic mass is 16.7. The molecule has 1 aromatic carbocycles. The second-order valence-electron chi connectivity index (χ2n) is 3.75. The Hall–Kier alpha value is -1.90. The van der Waals surface area contributed by atoms with Gasteiger partial charge in [0.15, 0.2) is 11.5 Å². The van der Waals surface area contributed by atoms with Gasteiger partial charge in [0.25, 0.3) is 0 Å². The minimum absolute atomic E-state index is 0.311. The van der Waals surface area contributed by atoms with Crippen molar-refractivity contribution in [3.63, 3.8) is 0 Å². The van der Waals surface area contributed by atoms with Gasteiger partial charge in [0, 0.05) is 17.5 Å². The molecule has 1 aliphatic heterocycles. The third-order valence-electron chi connectivity index (χ3n) is 2.51. The van der Waals surface area contributed by atoms with Gasteiger partial charge in [0.05, 0.1) is 0 Å². The average molecular weight is 231 g/mol. The Morgan fingerprint density at radius 1 is 1.35 bits per heavy atom. The fourth-order valence-electron chi connectivity index (χ4n) is 1.60. The first-order valence-corrected chi connectivity index (χ1v) is 5.83. The summed E-state index contributed by atoms with van der Waals surface area (Å²) >= 11 is 0. The van der Waals surface area contributed by atoms with Gasteiger partial charge in [-0.2, -0.15) is 0 Å². The number of nitrogens with one attached hydrogen (secondary N) is 1. The van der Waals surface area contributed by atoms with Crippen molar-refractivity contribution in [3.05, 3.63) is 42.1 Å². The summed E-state index contributed by atoms with van der Waals surface area (Å²) in [6, 6.07) is 5.85. The molecule has 0 saturated carbocycles. The van der Waals surface area contributed by atoms with Crippen LogP contribution in [0.3, 0.4) is 0 Å². The highest BCUT2D eigenvalue weighted by Gasteiger charge is 2.12. The van der Waals surface area contributed by atoms with Crippen LogP contribution in [-0.4, -0.2) is 6.79 Å². The Bertz CT molecular complexity index is 450. The lowest BCUT2D eigenvalue weighted by atomic mass is 10.2. The van der Waals surface area contributed by atoms with E-state index in [1.54, 1.807) is 0 Å². The van der Waals surface area contributed by atoms with Gasteiger partial charge in [-0.15, -0.1) is 0 Å². The van der Waals surface area contributed by atoms with Crippen molar-refractivity contribution in [1.29, 1.82) is 0 Å². The second-order valence-corrected chi connectivity index (χ2v) is 3.75. The number of fused-ring (bicyclic) bond motifs is 1. The lowest BCUT2D eigenvalue weighted by Crippen LogP contribution is -1.96. The second kappa shape index (κ2) is 5.43. The molecule has 0 unspecified atom stereocenters. The molecule has 0 aliphatic carbocycles. The first-order chi connectivity index (χ1) is 8.33. The summed E-state index contributed by atoms with van der Waals surface area (Å²) in [5.74, 6) is 1.60. The molecule has 3 heteroatoms. The highest BCUT2D eigenvalue weighted by molar-refractivity contribution is 5.58.